The number of piperidine rings is 1. The Balaban J connectivity index is 1.57. The van der Waals surface area contributed by atoms with Gasteiger partial charge in [0.1, 0.15) is 0 Å². The molecule has 0 bridgehead atoms. The summed E-state index contributed by atoms with van der Waals surface area (Å²) in [7, 11) is 0. The highest BCUT2D eigenvalue weighted by Gasteiger charge is 2.24. The third-order valence-corrected chi connectivity index (χ3v) is 5.04. The van der Waals surface area contributed by atoms with Gasteiger partial charge in [-0.25, -0.2) is 0 Å². The van der Waals surface area contributed by atoms with E-state index in [1.165, 1.54) is 5.56 Å². The summed E-state index contributed by atoms with van der Waals surface area (Å²) >= 11 is 0. The molecule has 0 spiro atoms. The lowest BCUT2D eigenvalue weighted by atomic mass is 9.97. The molecule has 1 aromatic carbocycles. The third-order valence-electron chi connectivity index (χ3n) is 5.04. The van der Waals surface area contributed by atoms with Gasteiger partial charge >= 0.3 is 0 Å². The first-order chi connectivity index (χ1) is 12.5. The van der Waals surface area contributed by atoms with Crippen LogP contribution in [0.2, 0.25) is 0 Å². The molecule has 2 aromatic rings. The topological polar surface area (TPSA) is 91.2 Å². The van der Waals surface area contributed by atoms with E-state index in [0.29, 0.717) is 6.54 Å². The average Bonchev–Trinajstić information content (AvgIpc) is 2.66. The minimum absolute atomic E-state index is 0.0556. The van der Waals surface area contributed by atoms with E-state index in [1.54, 1.807) is 12.3 Å². The van der Waals surface area contributed by atoms with Crippen LogP contribution in [0.4, 0.5) is 5.69 Å². The highest BCUT2D eigenvalue weighted by Crippen LogP contribution is 2.23. The number of benzene rings is 1. The van der Waals surface area contributed by atoms with Crippen molar-refractivity contribution in [2.45, 2.75) is 32.4 Å². The number of rotatable bonds is 6. The van der Waals surface area contributed by atoms with Gasteiger partial charge in [0, 0.05) is 43.6 Å². The number of aromatic amines is 1. The standard InChI is InChI=1S/C20H26N4O2/c1-14(16-8-9-22-19(25)11-16)23-12-15-4-6-18(7-5-15)24-10-2-3-17(13-24)20(21)26/h4-9,11,14,17,23H,2-3,10,12-13H2,1H3,(H2,21,26)(H,22,25). The van der Waals surface area contributed by atoms with Gasteiger partial charge in [-0.3, -0.25) is 9.59 Å². The maximum atomic E-state index is 11.4. The number of nitrogens with zero attached hydrogens (tertiary/aromatic N) is 1. The number of hydrogen-bond acceptors (Lipinski definition) is 4. The van der Waals surface area contributed by atoms with E-state index in [2.05, 4.69) is 39.5 Å². The lowest BCUT2D eigenvalue weighted by Crippen LogP contribution is -2.41. The minimum atomic E-state index is -0.204. The zero-order valence-corrected chi connectivity index (χ0v) is 15.1. The first kappa shape index (κ1) is 18.2. The van der Waals surface area contributed by atoms with Crippen molar-refractivity contribution in [3.8, 4) is 0 Å². The Bertz CT molecular complexity index is 800. The van der Waals surface area contributed by atoms with Crippen molar-refractivity contribution in [2.24, 2.45) is 11.7 Å². The monoisotopic (exact) mass is 354 g/mol. The van der Waals surface area contributed by atoms with Crippen LogP contribution in [-0.2, 0) is 11.3 Å². The van der Waals surface area contributed by atoms with Crippen molar-refractivity contribution in [1.82, 2.24) is 10.3 Å². The van der Waals surface area contributed by atoms with Gasteiger partial charge in [0.2, 0.25) is 11.5 Å². The molecule has 1 fully saturated rings. The number of amides is 1. The van der Waals surface area contributed by atoms with Gasteiger partial charge in [0.05, 0.1) is 5.92 Å². The zero-order valence-electron chi connectivity index (χ0n) is 15.1. The second-order valence-electron chi connectivity index (χ2n) is 6.94. The van der Waals surface area contributed by atoms with E-state index in [1.807, 2.05) is 13.0 Å². The number of primary amides is 1. The summed E-state index contributed by atoms with van der Waals surface area (Å²) in [5, 5.41) is 3.44. The molecule has 1 aromatic heterocycles. The van der Waals surface area contributed by atoms with E-state index in [9.17, 15) is 9.59 Å². The van der Waals surface area contributed by atoms with Crippen LogP contribution >= 0.6 is 0 Å². The molecule has 4 N–H and O–H groups in total. The second-order valence-corrected chi connectivity index (χ2v) is 6.94. The lowest BCUT2D eigenvalue weighted by Gasteiger charge is -2.33. The molecule has 1 aliphatic heterocycles. The fraction of sp³-hybridized carbons (Fsp3) is 0.400. The van der Waals surface area contributed by atoms with Gasteiger partial charge in [-0.15, -0.1) is 0 Å². The largest absolute Gasteiger partial charge is 0.371 e. The molecule has 2 atom stereocenters. The molecule has 0 saturated carbocycles. The average molecular weight is 354 g/mol. The summed E-state index contributed by atoms with van der Waals surface area (Å²) in [5.74, 6) is -0.260. The Hall–Kier alpha value is -2.60. The Morgan fingerprint density at radius 1 is 1.35 bits per heavy atom. The molecule has 1 saturated heterocycles. The predicted octanol–water partition coefficient (Wildman–Crippen LogP) is 1.93. The Morgan fingerprint density at radius 2 is 2.12 bits per heavy atom. The smallest absolute Gasteiger partial charge is 0.248 e. The molecular formula is C20H26N4O2. The van der Waals surface area contributed by atoms with Crippen molar-refractivity contribution in [1.29, 1.82) is 0 Å². The van der Waals surface area contributed by atoms with Crippen molar-refractivity contribution in [3.05, 3.63) is 64.1 Å². The molecule has 6 heteroatoms. The molecule has 2 unspecified atom stereocenters. The molecule has 0 radical (unpaired) electrons. The molecule has 3 rings (SSSR count). The summed E-state index contributed by atoms with van der Waals surface area (Å²) in [4.78, 5) is 27.7. The van der Waals surface area contributed by atoms with Gasteiger partial charge in [-0.05, 0) is 49.1 Å². The Labute approximate surface area is 153 Å². The quantitative estimate of drug-likeness (QED) is 0.739. The van der Waals surface area contributed by atoms with Gasteiger partial charge in [0.25, 0.3) is 0 Å². The number of carbonyl (C=O) groups excluding carboxylic acids is 1. The highest BCUT2D eigenvalue weighted by atomic mass is 16.1. The van der Waals surface area contributed by atoms with E-state index >= 15 is 0 Å². The van der Waals surface area contributed by atoms with Crippen LogP contribution < -0.4 is 21.5 Å². The van der Waals surface area contributed by atoms with E-state index in [4.69, 9.17) is 5.73 Å². The van der Waals surface area contributed by atoms with Gasteiger partial charge in [-0.2, -0.15) is 0 Å². The Morgan fingerprint density at radius 3 is 2.81 bits per heavy atom. The number of aromatic nitrogens is 1. The third kappa shape index (κ3) is 4.52. The van der Waals surface area contributed by atoms with Crippen LogP contribution in [0.3, 0.4) is 0 Å². The molecule has 0 aliphatic carbocycles. The SMILES string of the molecule is CC(NCc1ccc(N2CCCC(C(N)=O)C2)cc1)c1cc[nH]c(=O)c1. The van der Waals surface area contributed by atoms with Crippen LogP contribution in [0.5, 0.6) is 0 Å². The van der Waals surface area contributed by atoms with E-state index < -0.39 is 0 Å². The molecule has 6 nitrogen and oxygen atoms in total. The van der Waals surface area contributed by atoms with Crippen molar-refractivity contribution < 1.29 is 4.79 Å². The maximum absolute atomic E-state index is 11.4. The van der Waals surface area contributed by atoms with Crippen molar-refractivity contribution in [3.63, 3.8) is 0 Å². The number of pyridine rings is 1. The number of carbonyl (C=O) groups is 1. The van der Waals surface area contributed by atoms with Crippen LogP contribution in [0, 0.1) is 5.92 Å². The molecule has 26 heavy (non-hydrogen) atoms. The molecule has 2 heterocycles. The number of nitrogens with one attached hydrogen (secondary N) is 2. The normalized spacial score (nSPS) is 18.5. The second kappa shape index (κ2) is 8.19. The zero-order chi connectivity index (χ0) is 18.5. The van der Waals surface area contributed by atoms with Crippen LogP contribution in [0.1, 0.15) is 36.9 Å². The number of anilines is 1. The van der Waals surface area contributed by atoms with Gasteiger partial charge < -0.3 is 20.9 Å². The van der Waals surface area contributed by atoms with E-state index in [-0.39, 0.29) is 23.4 Å². The molecular weight excluding hydrogens is 328 g/mol. The molecule has 1 aliphatic rings. The summed E-state index contributed by atoms with van der Waals surface area (Å²) in [5.41, 5.74) is 8.65. The van der Waals surface area contributed by atoms with Crippen LogP contribution in [0.15, 0.2) is 47.4 Å². The summed E-state index contributed by atoms with van der Waals surface area (Å²) < 4.78 is 0. The van der Waals surface area contributed by atoms with Crippen LogP contribution in [-0.4, -0.2) is 24.0 Å². The summed E-state index contributed by atoms with van der Waals surface area (Å²) in [6.07, 6.45) is 3.54. The first-order valence-corrected chi connectivity index (χ1v) is 9.08. The molecule has 138 valence electrons. The number of H-pyrrole nitrogens is 1. The van der Waals surface area contributed by atoms with Crippen LogP contribution in [0.25, 0.3) is 0 Å². The summed E-state index contributed by atoms with van der Waals surface area (Å²) in [6.45, 7) is 4.42. The maximum Gasteiger partial charge on any atom is 0.248 e. The van der Waals surface area contributed by atoms with Gasteiger partial charge in [-0.1, -0.05) is 12.1 Å². The highest BCUT2D eigenvalue weighted by molar-refractivity contribution is 5.77. The van der Waals surface area contributed by atoms with Crippen molar-refractivity contribution >= 4 is 11.6 Å². The number of hydrogen-bond donors (Lipinski definition) is 3. The minimum Gasteiger partial charge on any atom is -0.371 e. The van der Waals surface area contributed by atoms with Gasteiger partial charge in [0.15, 0.2) is 0 Å². The lowest BCUT2D eigenvalue weighted by molar-refractivity contribution is -0.122. The Kier molecular flexibility index (Phi) is 5.73. The summed E-state index contributed by atoms with van der Waals surface area (Å²) in [6, 6.07) is 12.0. The van der Waals surface area contributed by atoms with Crippen molar-refractivity contribution in [2.75, 3.05) is 18.0 Å². The fourth-order valence-electron chi connectivity index (χ4n) is 3.39. The number of nitrogens with two attached hydrogens (primary N) is 1. The molecule has 1 amide bonds. The fourth-order valence-corrected chi connectivity index (χ4v) is 3.39. The predicted molar refractivity (Wildman–Crippen MR) is 103 cm³/mol. The van der Waals surface area contributed by atoms with E-state index in [0.717, 1.165) is 37.2 Å². The first-order valence-electron chi connectivity index (χ1n) is 9.08.